The zero-order valence-electron chi connectivity index (χ0n) is 19.0. The molecule has 0 bridgehead atoms. The fraction of sp³-hybridized carbons (Fsp3) is 0.560. The van der Waals surface area contributed by atoms with Gasteiger partial charge in [0.05, 0.1) is 5.41 Å². The van der Waals surface area contributed by atoms with E-state index in [0.29, 0.717) is 5.39 Å². The Morgan fingerprint density at radius 2 is 1.52 bits per heavy atom. The number of halogens is 1. The zero-order valence-corrected chi connectivity index (χ0v) is 21.4. The third-order valence-corrected chi connectivity index (χ3v) is 8.24. The average molecular weight is 510 g/mol. The van der Waals surface area contributed by atoms with Gasteiger partial charge in [0, 0.05) is 35.7 Å². The van der Waals surface area contributed by atoms with Gasteiger partial charge in [-0.15, -0.1) is 0 Å². The van der Waals surface area contributed by atoms with Gasteiger partial charge in [-0.25, -0.2) is 0 Å². The zero-order chi connectivity index (χ0) is 22.6. The predicted molar refractivity (Wildman–Crippen MR) is 133 cm³/mol. The van der Waals surface area contributed by atoms with Crippen LogP contribution in [0.3, 0.4) is 0 Å². The molecule has 2 aromatic carbocycles. The Balaban J connectivity index is 1.75. The van der Waals surface area contributed by atoms with Gasteiger partial charge in [0.25, 0.3) is 10.1 Å². The predicted octanol–water partition coefficient (Wildman–Crippen LogP) is 7.00. The van der Waals surface area contributed by atoms with Crippen LogP contribution in [0.2, 0.25) is 0 Å². The first-order valence-corrected chi connectivity index (χ1v) is 14.0. The Bertz CT molecular complexity index is 1070. The minimum absolute atomic E-state index is 0.0177. The summed E-state index contributed by atoms with van der Waals surface area (Å²) in [7, 11) is -4.26. The van der Waals surface area contributed by atoms with Gasteiger partial charge in [0.15, 0.2) is 5.71 Å². The van der Waals surface area contributed by atoms with E-state index in [0.717, 1.165) is 34.9 Å². The van der Waals surface area contributed by atoms with Gasteiger partial charge in [-0.3, -0.25) is 4.55 Å². The molecule has 0 aliphatic carbocycles. The van der Waals surface area contributed by atoms with E-state index in [4.69, 9.17) is 0 Å². The van der Waals surface area contributed by atoms with Gasteiger partial charge < -0.3 is 0 Å². The molecule has 1 N–H and O–H groups in total. The highest BCUT2D eigenvalue weighted by molar-refractivity contribution is 9.09. The normalized spacial score (nSPS) is 15.6. The number of alkyl halides is 1. The molecule has 0 spiro atoms. The second-order valence-electron chi connectivity index (χ2n) is 9.17. The number of hydrogen-bond donors (Lipinski definition) is 1. The molecule has 2 aromatic rings. The highest BCUT2D eigenvalue weighted by Gasteiger charge is 2.44. The van der Waals surface area contributed by atoms with Crippen LogP contribution in [0.5, 0.6) is 0 Å². The fourth-order valence-corrected chi connectivity index (χ4v) is 5.94. The summed E-state index contributed by atoms with van der Waals surface area (Å²) in [6, 6.07) is 9.02. The number of unbranched alkanes of at least 4 members (excludes halogenated alkanes) is 7. The maximum absolute atomic E-state index is 11.9. The largest absolute Gasteiger partial charge is 0.295 e. The van der Waals surface area contributed by atoms with E-state index in [9.17, 15) is 13.0 Å². The molecule has 3 rings (SSSR count). The topological polar surface area (TPSA) is 57.4 Å². The highest BCUT2D eigenvalue weighted by atomic mass is 79.9. The van der Waals surface area contributed by atoms with Crippen molar-refractivity contribution in [3.05, 3.63) is 35.9 Å². The van der Waals surface area contributed by atoms with Gasteiger partial charge in [0.1, 0.15) is 11.4 Å². The summed E-state index contributed by atoms with van der Waals surface area (Å²) in [4.78, 5) is -0.0177. The molecule has 0 fully saturated rings. The summed E-state index contributed by atoms with van der Waals surface area (Å²) in [5, 5.41) is 2.61. The van der Waals surface area contributed by atoms with Crippen molar-refractivity contribution < 1.29 is 17.5 Å². The van der Waals surface area contributed by atoms with Gasteiger partial charge in [-0.1, -0.05) is 60.2 Å². The van der Waals surface area contributed by atoms with Crippen LogP contribution in [0.4, 0.5) is 5.69 Å². The van der Waals surface area contributed by atoms with Crippen LogP contribution in [-0.2, 0) is 15.5 Å². The molecule has 0 radical (unpaired) electrons. The van der Waals surface area contributed by atoms with Crippen molar-refractivity contribution in [3.8, 4) is 0 Å². The number of rotatable bonds is 11. The fourth-order valence-electron chi connectivity index (χ4n) is 4.84. The molecule has 4 nitrogen and oxygen atoms in total. The molecule has 0 saturated carbocycles. The highest BCUT2D eigenvalue weighted by Crippen LogP contribution is 2.44. The molecule has 0 atom stereocenters. The quantitative estimate of drug-likeness (QED) is 0.154. The third kappa shape index (κ3) is 5.23. The van der Waals surface area contributed by atoms with Crippen molar-refractivity contribution in [2.75, 3.05) is 11.9 Å². The summed E-state index contributed by atoms with van der Waals surface area (Å²) < 4.78 is 35.8. The van der Waals surface area contributed by atoms with E-state index >= 15 is 0 Å². The molecule has 0 aromatic heterocycles. The average Bonchev–Trinajstić information content (AvgIpc) is 2.91. The molecular formula is C25H35BrNO3S+. The van der Waals surface area contributed by atoms with E-state index in [2.05, 4.69) is 41.3 Å². The Kier molecular flexibility index (Phi) is 7.98. The Labute approximate surface area is 195 Å². The Hall–Kier alpha value is -1.24. The van der Waals surface area contributed by atoms with E-state index in [1.165, 1.54) is 56.7 Å². The standard InChI is InChI=1S/C25H34BrNO3S/c1-19-25(2,3)24-21-13-12-14-23(31(28,29)30)20(21)15-16-22(24)27(19)18-11-9-7-5-4-6-8-10-17-26/h12-16H,4-11,17-18H2,1-3H3/p+1. The van der Waals surface area contributed by atoms with E-state index in [1.54, 1.807) is 6.07 Å². The second-order valence-corrected chi connectivity index (χ2v) is 11.3. The summed E-state index contributed by atoms with van der Waals surface area (Å²) in [6.07, 6.45) is 10.3. The molecule has 6 heteroatoms. The summed E-state index contributed by atoms with van der Waals surface area (Å²) in [6.45, 7) is 7.57. The molecule has 1 aliphatic heterocycles. The van der Waals surface area contributed by atoms with E-state index in [-0.39, 0.29) is 10.3 Å². The van der Waals surface area contributed by atoms with Crippen LogP contribution in [0, 0.1) is 0 Å². The van der Waals surface area contributed by atoms with Crippen molar-refractivity contribution in [1.29, 1.82) is 0 Å². The summed E-state index contributed by atoms with van der Waals surface area (Å²) in [5.41, 5.74) is 3.42. The van der Waals surface area contributed by atoms with Crippen molar-refractivity contribution >= 4 is 48.2 Å². The van der Waals surface area contributed by atoms with E-state index in [1.807, 2.05) is 18.2 Å². The minimum Gasteiger partial charge on any atom is -0.282 e. The van der Waals surface area contributed by atoms with Crippen molar-refractivity contribution in [2.45, 2.75) is 82.4 Å². The number of fused-ring (bicyclic) bond motifs is 3. The molecule has 0 amide bonds. The van der Waals surface area contributed by atoms with Crippen LogP contribution >= 0.6 is 15.9 Å². The first kappa shape index (κ1) is 24.4. The van der Waals surface area contributed by atoms with Crippen LogP contribution in [-0.4, -0.2) is 35.1 Å². The first-order valence-electron chi connectivity index (χ1n) is 11.4. The van der Waals surface area contributed by atoms with Crippen LogP contribution < -0.4 is 0 Å². The van der Waals surface area contributed by atoms with Gasteiger partial charge in [-0.05, 0) is 44.2 Å². The lowest BCUT2D eigenvalue weighted by atomic mass is 9.80. The van der Waals surface area contributed by atoms with Crippen LogP contribution in [0.15, 0.2) is 35.2 Å². The number of nitrogens with zero attached hydrogens (tertiary/aromatic N) is 1. The SMILES string of the molecule is CC1=[N+](CCCCCCCCCCBr)c2ccc3c(S(=O)(=O)O)cccc3c2C1(C)C. The lowest BCUT2D eigenvalue weighted by molar-refractivity contribution is -0.439. The number of hydrogen-bond acceptors (Lipinski definition) is 2. The molecule has 0 unspecified atom stereocenters. The number of benzene rings is 2. The Morgan fingerprint density at radius 3 is 2.13 bits per heavy atom. The van der Waals surface area contributed by atoms with E-state index < -0.39 is 10.1 Å². The van der Waals surface area contributed by atoms with Crippen LogP contribution in [0.1, 0.15) is 77.7 Å². The molecule has 1 heterocycles. The molecule has 1 aliphatic rings. The molecular weight excluding hydrogens is 474 g/mol. The monoisotopic (exact) mass is 508 g/mol. The third-order valence-electron chi connectivity index (χ3n) is 6.77. The smallest absolute Gasteiger partial charge is 0.282 e. The van der Waals surface area contributed by atoms with Gasteiger partial charge >= 0.3 is 0 Å². The van der Waals surface area contributed by atoms with Gasteiger partial charge in [0.2, 0.25) is 5.69 Å². The van der Waals surface area contributed by atoms with Crippen molar-refractivity contribution in [2.24, 2.45) is 0 Å². The van der Waals surface area contributed by atoms with Gasteiger partial charge in [-0.2, -0.15) is 13.0 Å². The first-order chi connectivity index (χ1) is 14.7. The second kappa shape index (κ2) is 10.1. The molecule has 170 valence electrons. The minimum atomic E-state index is -4.26. The Morgan fingerprint density at radius 1 is 0.903 bits per heavy atom. The summed E-state index contributed by atoms with van der Waals surface area (Å²) in [5.74, 6) is 0. The molecule has 31 heavy (non-hydrogen) atoms. The maximum Gasteiger partial charge on any atom is 0.295 e. The molecule has 0 saturated heterocycles. The lowest BCUT2D eigenvalue weighted by Gasteiger charge is -2.17. The van der Waals surface area contributed by atoms with Crippen LogP contribution in [0.25, 0.3) is 10.8 Å². The maximum atomic E-state index is 11.9. The summed E-state index contributed by atoms with van der Waals surface area (Å²) >= 11 is 3.49. The van der Waals surface area contributed by atoms with Crippen molar-refractivity contribution in [3.63, 3.8) is 0 Å². The van der Waals surface area contributed by atoms with Crippen molar-refractivity contribution in [1.82, 2.24) is 0 Å². The lowest BCUT2D eigenvalue weighted by Crippen LogP contribution is -2.27.